The molecule has 0 aliphatic carbocycles. The summed E-state index contributed by atoms with van der Waals surface area (Å²) in [6.07, 6.45) is -10.2. The largest absolute Gasteiger partial charge is 0.433 e. The van der Waals surface area contributed by atoms with Crippen molar-refractivity contribution in [2.75, 3.05) is 13.6 Å². The Kier molecular flexibility index (Phi) is 5.08. The maximum absolute atomic E-state index is 13.3. The van der Waals surface area contributed by atoms with Gasteiger partial charge >= 0.3 is 12.4 Å². The van der Waals surface area contributed by atoms with Crippen molar-refractivity contribution in [1.29, 1.82) is 0 Å². The van der Waals surface area contributed by atoms with E-state index in [1.54, 1.807) is 0 Å². The number of benzene rings is 1. The van der Waals surface area contributed by atoms with E-state index >= 15 is 0 Å². The van der Waals surface area contributed by atoms with Gasteiger partial charge in [-0.2, -0.15) is 26.3 Å². The van der Waals surface area contributed by atoms with Crippen LogP contribution in [0.3, 0.4) is 0 Å². The van der Waals surface area contributed by atoms with E-state index in [1.165, 1.54) is 18.0 Å². The highest BCUT2D eigenvalue weighted by molar-refractivity contribution is 5.86. The summed E-state index contributed by atoms with van der Waals surface area (Å²) < 4.78 is 79.6. The molecule has 2 aromatic rings. The summed E-state index contributed by atoms with van der Waals surface area (Å²) in [6.45, 7) is 0.685. The molecule has 27 heavy (non-hydrogen) atoms. The van der Waals surface area contributed by atoms with Gasteiger partial charge in [0.15, 0.2) is 0 Å². The van der Waals surface area contributed by atoms with Crippen LogP contribution in [0.5, 0.6) is 0 Å². The fourth-order valence-electron chi connectivity index (χ4n) is 3.27. The predicted molar refractivity (Wildman–Crippen MR) is 85.5 cm³/mol. The number of halogens is 6. The molecule has 3 rings (SSSR count). The van der Waals surface area contributed by atoms with Gasteiger partial charge in [-0.05, 0) is 38.6 Å². The van der Waals surface area contributed by atoms with E-state index in [0.29, 0.717) is 25.1 Å². The third kappa shape index (κ3) is 3.87. The lowest BCUT2D eigenvalue weighted by Crippen LogP contribution is -2.41. The summed E-state index contributed by atoms with van der Waals surface area (Å²) in [5, 5.41) is 13.6. The predicted octanol–water partition coefficient (Wildman–Crippen LogP) is 3.90. The summed E-state index contributed by atoms with van der Waals surface area (Å²) in [5.74, 6) is 0. The van der Waals surface area contributed by atoms with Crippen LogP contribution in [0.15, 0.2) is 24.3 Å². The fourth-order valence-corrected chi connectivity index (χ4v) is 3.27. The van der Waals surface area contributed by atoms with E-state index in [1.807, 2.05) is 0 Å². The van der Waals surface area contributed by atoms with Gasteiger partial charge in [-0.3, -0.25) is 4.90 Å². The van der Waals surface area contributed by atoms with E-state index in [4.69, 9.17) is 0 Å². The van der Waals surface area contributed by atoms with Crippen LogP contribution in [0.25, 0.3) is 10.9 Å². The van der Waals surface area contributed by atoms with Gasteiger partial charge in [-0.15, -0.1) is 0 Å². The molecule has 2 atom stereocenters. The standard InChI is InChI=1S/C17H17F6N3O/c1-26(13-6-3-7-24-13)15(27)10-8-12(17(21,22)23)25-14-9(10)4-2-5-11(14)16(18,19)20/h2,4-5,8,13,15,24,27H,3,6-7H2,1H3/t13-,15?/m1/s1. The van der Waals surface area contributed by atoms with Gasteiger partial charge in [-0.25, -0.2) is 4.98 Å². The van der Waals surface area contributed by atoms with E-state index in [2.05, 4.69) is 10.3 Å². The molecule has 10 heteroatoms. The van der Waals surface area contributed by atoms with Crippen molar-refractivity contribution in [3.05, 3.63) is 41.1 Å². The minimum Gasteiger partial charge on any atom is -0.374 e. The van der Waals surface area contributed by atoms with Crippen molar-refractivity contribution >= 4 is 10.9 Å². The number of nitrogens with zero attached hydrogens (tertiary/aromatic N) is 2. The van der Waals surface area contributed by atoms with Crippen LogP contribution in [0.4, 0.5) is 26.3 Å². The van der Waals surface area contributed by atoms with E-state index in [-0.39, 0.29) is 17.1 Å². The van der Waals surface area contributed by atoms with Crippen LogP contribution in [0.2, 0.25) is 0 Å². The normalized spacial score (nSPS) is 19.8. The van der Waals surface area contributed by atoms with E-state index < -0.39 is 35.4 Å². The third-order valence-electron chi connectivity index (χ3n) is 4.66. The quantitative estimate of drug-likeness (QED) is 0.614. The first-order chi connectivity index (χ1) is 12.5. The van der Waals surface area contributed by atoms with Crippen molar-refractivity contribution in [2.24, 2.45) is 0 Å². The van der Waals surface area contributed by atoms with Gasteiger partial charge in [0.25, 0.3) is 0 Å². The minimum absolute atomic E-state index is 0.171. The lowest BCUT2D eigenvalue weighted by atomic mass is 10.0. The molecule has 0 bridgehead atoms. The number of para-hydroxylation sites is 1. The topological polar surface area (TPSA) is 48.4 Å². The molecule has 1 aliphatic heterocycles. The molecule has 1 saturated heterocycles. The molecule has 0 spiro atoms. The fraction of sp³-hybridized carbons (Fsp3) is 0.471. The SMILES string of the molecule is CN(C(O)c1cc(C(F)(F)F)nc2c(C(F)(F)F)cccc12)[C@@H]1CCCN1. The van der Waals surface area contributed by atoms with Crippen molar-refractivity contribution in [3.8, 4) is 0 Å². The molecule has 2 N–H and O–H groups in total. The number of hydrogen-bond acceptors (Lipinski definition) is 4. The highest BCUT2D eigenvalue weighted by atomic mass is 19.4. The Bertz CT molecular complexity index is 830. The van der Waals surface area contributed by atoms with Gasteiger partial charge in [-0.1, -0.05) is 12.1 Å². The van der Waals surface area contributed by atoms with E-state index in [0.717, 1.165) is 12.5 Å². The maximum atomic E-state index is 13.3. The zero-order chi connectivity index (χ0) is 20.0. The van der Waals surface area contributed by atoms with Crippen molar-refractivity contribution in [3.63, 3.8) is 0 Å². The van der Waals surface area contributed by atoms with Crippen LogP contribution < -0.4 is 5.32 Å². The Balaban J connectivity index is 2.21. The summed E-state index contributed by atoms with van der Waals surface area (Å²) in [4.78, 5) is 4.63. The first-order valence-electron chi connectivity index (χ1n) is 8.21. The average Bonchev–Trinajstić information content (AvgIpc) is 3.11. The van der Waals surface area contributed by atoms with Gasteiger partial charge < -0.3 is 10.4 Å². The molecular formula is C17H17F6N3O. The Morgan fingerprint density at radius 1 is 1.19 bits per heavy atom. The minimum atomic E-state index is -4.95. The molecule has 0 radical (unpaired) electrons. The van der Waals surface area contributed by atoms with Crippen LogP contribution in [0, 0.1) is 0 Å². The maximum Gasteiger partial charge on any atom is 0.433 e. The first-order valence-corrected chi connectivity index (χ1v) is 8.21. The number of aliphatic hydroxyl groups is 1. The summed E-state index contributed by atoms with van der Waals surface area (Å²) in [5.41, 5.74) is -3.86. The molecule has 1 aliphatic rings. The molecule has 2 heterocycles. The second-order valence-corrected chi connectivity index (χ2v) is 6.45. The monoisotopic (exact) mass is 393 g/mol. The molecule has 4 nitrogen and oxygen atoms in total. The molecule has 0 saturated carbocycles. The number of rotatable bonds is 3. The van der Waals surface area contributed by atoms with Gasteiger partial charge in [0.05, 0.1) is 17.2 Å². The highest BCUT2D eigenvalue weighted by Gasteiger charge is 2.38. The Labute approximate surface area is 150 Å². The van der Waals surface area contributed by atoms with Crippen molar-refractivity contribution in [1.82, 2.24) is 15.2 Å². The van der Waals surface area contributed by atoms with Gasteiger partial charge in [0.2, 0.25) is 0 Å². The summed E-state index contributed by atoms with van der Waals surface area (Å²) in [6, 6.07) is 3.60. The lowest BCUT2D eigenvalue weighted by molar-refractivity contribution is -0.142. The second kappa shape index (κ2) is 6.92. The number of aliphatic hydroxyl groups excluding tert-OH is 1. The smallest absolute Gasteiger partial charge is 0.374 e. The Morgan fingerprint density at radius 3 is 2.44 bits per heavy atom. The Hall–Kier alpha value is -1.91. The Morgan fingerprint density at radius 2 is 1.89 bits per heavy atom. The molecular weight excluding hydrogens is 376 g/mol. The molecule has 1 aromatic heterocycles. The average molecular weight is 393 g/mol. The molecule has 0 amide bonds. The zero-order valence-electron chi connectivity index (χ0n) is 14.2. The molecule has 1 aromatic carbocycles. The van der Waals surface area contributed by atoms with Gasteiger partial charge in [0.1, 0.15) is 11.9 Å². The van der Waals surface area contributed by atoms with Crippen LogP contribution in [0.1, 0.15) is 35.9 Å². The summed E-state index contributed by atoms with van der Waals surface area (Å²) >= 11 is 0. The molecule has 1 unspecified atom stereocenters. The zero-order valence-corrected chi connectivity index (χ0v) is 14.2. The molecule has 1 fully saturated rings. The second-order valence-electron chi connectivity index (χ2n) is 6.45. The number of nitrogens with one attached hydrogen (secondary N) is 1. The number of pyridine rings is 1. The highest BCUT2D eigenvalue weighted by Crippen LogP contribution is 2.39. The number of hydrogen-bond donors (Lipinski definition) is 2. The summed E-state index contributed by atoms with van der Waals surface area (Å²) in [7, 11) is 1.50. The van der Waals surface area contributed by atoms with Crippen LogP contribution in [-0.4, -0.2) is 34.7 Å². The van der Waals surface area contributed by atoms with Gasteiger partial charge in [0, 0.05) is 10.9 Å². The van der Waals surface area contributed by atoms with Crippen LogP contribution in [-0.2, 0) is 12.4 Å². The molecule has 148 valence electrons. The lowest BCUT2D eigenvalue weighted by Gasteiger charge is -2.30. The first kappa shape index (κ1) is 19.8. The number of alkyl halides is 6. The number of aromatic nitrogens is 1. The van der Waals surface area contributed by atoms with Crippen LogP contribution >= 0.6 is 0 Å². The van der Waals surface area contributed by atoms with E-state index in [9.17, 15) is 31.4 Å². The van der Waals surface area contributed by atoms with Crippen molar-refractivity contribution in [2.45, 2.75) is 37.6 Å². The van der Waals surface area contributed by atoms with Crippen molar-refractivity contribution < 1.29 is 31.4 Å². The third-order valence-corrected chi connectivity index (χ3v) is 4.66. The number of fused-ring (bicyclic) bond motifs is 1.